The maximum atomic E-state index is 10.1. The third-order valence-electron chi connectivity index (χ3n) is 1.28. The third-order valence-corrected chi connectivity index (χ3v) is 2.06. The molecular formula is C9H7OSe. The predicted molar refractivity (Wildman–Crippen MR) is 46.2 cm³/mol. The second kappa shape index (κ2) is 4.12. The van der Waals surface area contributed by atoms with Gasteiger partial charge in [-0.3, -0.25) is 0 Å². The quantitative estimate of drug-likeness (QED) is 0.409. The van der Waals surface area contributed by atoms with E-state index in [0.717, 1.165) is 16.3 Å². The normalized spacial score (nSPS) is 11.1. The SMILES string of the molecule is O=C/C=C(\[Se])c1ccccc1. The van der Waals surface area contributed by atoms with Gasteiger partial charge in [0, 0.05) is 0 Å². The van der Waals surface area contributed by atoms with E-state index in [4.69, 9.17) is 0 Å². The first-order valence-corrected chi connectivity index (χ1v) is 4.08. The molecule has 55 valence electrons. The number of aldehydes is 1. The molecule has 2 heteroatoms. The van der Waals surface area contributed by atoms with E-state index in [9.17, 15) is 4.79 Å². The van der Waals surface area contributed by atoms with Crippen molar-refractivity contribution in [3.8, 4) is 0 Å². The Morgan fingerprint density at radius 3 is 2.45 bits per heavy atom. The van der Waals surface area contributed by atoms with E-state index in [1.54, 1.807) is 0 Å². The van der Waals surface area contributed by atoms with Crippen LogP contribution in [0.4, 0.5) is 0 Å². The van der Waals surface area contributed by atoms with Crippen molar-refractivity contribution < 1.29 is 4.79 Å². The Hall–Kier alpha value is -0.851. The summed E-state index contributed by atoms with van der Waals surface area (Å²) in [6.07, 6.45) is 2.29. The minimum atomic E-state index is 0.777. The zero-order valence-electron chi connectivity index (χ0n) is 5.86. The van der Waals surface area contributed by atoms with Crippen molar-refractivity contribution in [3.63, 3.8) is 0 Å². The monoisotopic (exact) mass is 211 g/mol. The van der Waals surface area contributed by atoms with Gasteiger partial charge in [0.25, 0.3) is 0 Å². The van der Waals surface area contributed by atoms with Crippen molar-refractivity contribution in [1.29, 1.82) is 0 Å². The molecule has 0 saturated carbocycles. The number of carbonyl (C=O) groups is 1. The van der Waals surface area contributed by atoms with Gasteiger partial charge in [-0.2, -0.15) is 0 Å². The summed E-state index contributed by atoms with van der Waals surface area (Å²) in [5.41, 5.74) is 1.04. The Morgan fingerprint density at radius 1 is 1.27 bits per heavy atom. The van der Waals surface area contributed by atoms with Crippen molar-refractivity contribution in [2.45, 2.75) is 0 Å². The van der Waals surface area contributed by atoms with Gasteiger partial charge in [-0.15, -0.1) is 0 Å². The van der Waals surface area contributed by atoms with Gasteiger partial charge in [-0.25, -0.2) is 0 Å². The summed E-state index contributed by atoms with van der Waals surface area (Å²) in [5, 5.41) is 0. The fourth-order valence-corrected chi connectivity index (χ4v) is 1.16. The molecule has 1 aromatic carbocycles. The molecule has 1 rings (SSSR count). The minimum absolute atomic E-state index is 0.777. The summed E-state index contributed by atoms with van der Waals surface area (Å²) < 4.78 is 0.876. The maximum absolute atomic E-state index is 10.1. The number of rotatable bonds is 2. The van der Waals surface area contributed by atoms with Gasteiger partial charge in [0.15, 0.2) is 0 Å². The molecule has 0 spiro atoms. The van der Waals surface area contributed by atoms with Crippen molar-refractivity contribution in [2.24, 2.45) is 0 Å². The summed E-state index contributed by atoms with van der Waals surface area (Å²) in [6.45, 7) is 0. The number of hydrogen-bond acceptors (Lipinski definition) is 1. The van der Waals surface area contributed by atoms with E-state index in [1.807, 2.05) is 30.3 Å². The molecule has 0 fully saturated rings. The molecule has 1 radical (unpaired) electrons. The zero-order chi connectivity index (χ0) is 8.10. The summed E-state index contributed by atoms with van der Waals surface area (Å²) >= 11 is 2.82. The van der Waals surface area contributed by atoms with E-state index in [2.05, 4.69) is 16.0 Å². The second-order valence-corrected chi connectivity index (χ2v) is 2.96. The molecule has 0 aromatic heterocycles. The summed E-state index contributed by atoms with van der Waals surface area (Å²) in [5.74, 6) is 0. The van der Waals surface area contributed by atoms with Crippen LogP contribution in [0.1, 0.15) is 5.56 Å². The van der Waals surface area contributed by atoms with Crippen LogP contribution in [0.2, 0.25) is 0 Å². The summed E-state index contributed by atoms with van der Waals surface area (Å²) in [4.78, 5) is 10.1. The topological polar surface area (TPSA) is 17.1 Å². The van der Waals surface area contributed by atoms with Gasteiger partial charge in [0.1, 0.15) is 0 Å². The van der Waals surface area contributed by atoms with Gasteiger partial charge in [0.2, 0.25) is 0 Å². The van der Waals surface area contributed by atoms with Crippen LogP contribution in [0.15, 0.2) is 36.4 Å². The standard InChI is InChI=1S/C9H7OSe/c10-7-6-9(11)8-4-2-1-3-5-8/h1-7H/b9-6-. The summed E-state index contributed by atoms with van der Waals surface area (Å²) in [6, 6.07) is 9.71. The molecule has 1 nitrogen and oxygen atoms in total. The molecule has 0 bridgehead atoms. The van der Waals surface area contributed by atoms with Crippen molar-refractivity contribution in [2.75, 3.05) is 0 Å². The fraction of sp³-hybridized carbons (Fsp3) is 0. The number of allylic oxidation sites excluding steroid dienone is 1. The first-order valence-electron chi connectivity index (χ1n) is 3.22. The van der Waals surface area contributed by atoms with E-state index in [1.165, 1.54) is 6.08 Å². The van der Waals surface area contributed by atoms with E-state index in [0.29, 0.717) is 0 Å². The van der Waals surface area contributed by atoms with Crippen LogP contribution < -0.4 is 0 Å². The number of hydrogen-bond donors (Lipinski definition) is 0. The molecule has 0 aliphatic carbocycles. The van der Waals surface area contributed by atoms with Crippen LogP contribution in [0, 0.1) is 0 Å². The van der Waals surface area contributed by atoms with Gasteiger partial charge in [-0.05, 0) is 0 Å². The first kappa shape index (κ1) is 8.25. The molecule has 0 amide bonds. The Morgan fingerprint density at radius 2 is 1.91 bits per heavy atom. The number of carbonyl (C=O) groups excluding carboxylic acids is 1. The molecule has 0 aliphatic rings. The second-order valence-electron chi connectivity index (χ2n) is 2.03. The van der Waals surface area contributed by atoms with E-state index >= 15 is 0 Å². The van der Waals surface area contributed by atoms with Gasteiger partial charge >= 0.3 is 73.5 Å². The van der Waals surface area contributed by atoms with Crippen molar-refractivity contribution in [3.05, 3.63) is 42.0 Å². The molecule has 11 heavy (non-hydrogen) atoms. The molecule has 1 aromatic rings. The van der Waals surface area contributed by atoms with Gasteiger partial charge in [0.05, 0.1) is 0 Å². The summed E-state index contributed by atoms with van der Waals surface area (Å²) in [7, 11) is 0. The molecule has 0 saturated heterocycles. The average molecular weight is 210 g/mol. The third kappa shape index (κ3) is 2.34. The predicted octanol–water partition coefficient (Wildman–Crippen LogP) is 1.39. The molecule has 0 aliphatic heterocycles. The number of benzene rings is 1. The average Bonchev–Trinajstić information content (AvgIpc) is 2.07. The van der Waals surface area contributed by atoms with Gasteiger partial charge in [-0.1, -0.05) is 0 Å². The Labute approximate surface area is 73.9 Å². The zero-order valence-corrected chi connectivity index (χ0v) is 7.57. The van der Waals surface area contributed by atoms with Crippen LogP contribution in [0.3, 0.4) is 0 Å². The van der Waals surface area contributed by atoms with E-state index in [-0.39, 0.29) is 0 Å². The van der Waals surface area contributed by atoms with Gasteiger partial charge < -0.3 is 0 Å². The molecule has 0 N–H and O–H groups in total. The van der Waals surface area contributed by atoms with Crippen LogP contribution in [0.5, 0.6) is 0 Å². The fourth-order valence-electron chi connectivity index (χ4n) is 0.760. The van der Waals surface area contributed by atoms with Crippen molar-refractivity contribution in [1.82, 2.24) is 0 Å². The van der Waals surface area contributed by atoms with Crippen LogP contribution in [0.25, 0.3) is 4.47 Å². The first-order chi connectivity index (χ1) is 5.34. The van der Waals surface area contributed by atoms with Crippen LogP contribution >= 0.6 is 0 Å². The molecule has 0 heterocycles. The molecule has 0 unspecified atom stereocenters. The Bertz CT molecular complexity index is 264. The molecular weight excluding hydrogens is 203 g/mol. The van der Waals surface area contributed by atoms with Crippen LogP contribution in [-0.2, 0) is 4.79 Å². The van der Waals surface area contributed by atoms with E-state index < -0.39 is 0 Å². The van der Waals surface area contributed by atoms with Crippen molar-refractivity contribution >= 4 is 26.8 Å². The Balaban J connectivity index is 2.94. The van der Waals surface area contributed by atoms with Crippen LogP contribution in [-0.4, -0.2) is 22.3 Å². The molecule has 0 atom stereocenters. The Kier molecular flexibility index (Phi) is 3.09.